The van der Waals surface area contributed by atoms with Crippen molar-refractivity contribution in [1.29, 1.82) is 0 Å². The van der Waals surface area contributed by atoms with Crippen molar-refractivity contribution in [3.8, 4) is 22.9 Å². The van der Waals surface area contributed by atoms with Gasteiger partial charge in [-0.3, -0.25) is 0 Å². The molecule has 0 aliphatic heterocycles. The van der Waals surface area contributed by atoms with Crippen LogP contribution in [-0.2, 0) is 0 Å². The molecule has 0 bridgehead atoms. The van der Waals surface area contributed by atoms with Crippen LogP contribution in [0.4, 0.5) is 0 Å². The second kappa shape index (κ2) is 5.54. The molecule has 0 fully saturated rings. The Kier molecular flexibility index (Phi) is 3.82. The smallest absolute Gasteiger partial charge is 0.216 e. The van der Waals surface area contributed by atoms with Crippen molar-refractivity contribution in [3.63, 3.8) is 0 Å². The predicted molar refractivity (Wildman–Crippen MR) is 72.1 cm³/mol. The normalized spacial score (nSPS) is 10.2. The van der Waals surface area contributed by atoms with Gasteiger partial charge in [0.1, 0.15) is 5.75 Å². The van der Waals surface area contributed by atoms with E-state index in [0.717, 1.165) is 22.6 Å². The lowest BCUT2D eigenvalue weighted by atomic mass is 10.1. The number of aryl methyl sites for hydroxylation is 1. The van der Waals surface area contributed by atoms with Crippen molar-refractivity contribution in [1.82, 2.24) is 4.98 Å². The first kappa shape index (κ1) is 12.4. The van der Waals surface area contributed by atoms with Crippen molar-refractivity contribution >= 4 is 0 Å². The minimum absolute atomic E-state index is 0.620. The number of nitrogens with zero attached hydrogens (tertiary/aromatic N) is 1. The number of methoxy groups -OCH3 is 1. The fourth-order valence-electron chi connectivity index (χ4n) is 1.74. The summed E-state index contributed by atoms with van der Waals surface area (Å²) in [7, 11) is 1.66. The average Bonchev–Trinajstić information content (AvgIpc) is 2.41. The van der Waals surface area contributed by atoms with Crippen molar-refractivity contribution < 1.29 is 9.47 Å². The molecular formula is C15H17NO2. The molecule has 0 N–H and O–H groups in total. The van der Waals surface area contributed by atoms with Crippen LogP contribution < -0.4 is 9.47 Å². The first-order valence-electron chi connectivity index (χ1n) is 5.99. The van der Waals surface area contributed by atoms with Crippen LogP contribution in [0.5, 0.6) is 11.6 Å². The van der Waals surface area contributed by atoms with Crippen LogP contribution in [0.2, 0.25) is 0 Å². The van der Waals surface area contributed by atoms with Gasteiger partial charge in [-0.05, 0) is 32.0 Å². The SMILES string of the molecule is CCOc1nc(-c2cccc(OC)c2)ccc1C. The number of hydrogen-bond acceptors (Lipinski definition) is 3. The van der Waals surface area contributed by atoms with Gasteiger partial charge in [0.25, 0.3) is 0 Å². The number of hydrogen-bond donors (Lipinski definition) is 0. The van der Waals surface area contributed by atoms with Crippen LogP contribution in [0.15, 0.2) is 36.4 Å². The van der Waals surface area contributed by atoms with E-state index in [1.165, 1.54) is 0 Å². The number of ether oxygens (including phenoxy) is 2. The quantitative estimate of drug-likeness (QED) is 0.824. The van der Waals surface area contributed by atoms with Gasteiger partial charge in [0, 0.05) is 11.1 Å². The summed E-state index contributed by atoms with van der Waals surface area (Å²) in [5, 5.41) is 0. The molecule has 1 aromatic heterocycles. The molecule has 3 nitrogen and oxygen atoms in total. The second-order valence-electron chi connectivity index (χ2n) is 3.98. The van der Waals surface area contributed by atoms with E-state index in [1.54, 1.807) is 7.11 Å². The van der Waals surface area contributed by atoms with Crippen molar-refractivity contribution in [2.75, 3.05) is 13.7 Å². The number of pyridine rings is 1. The maximum absolute atomic E-state index is 5.51. The monoisotopic (exact) mass is 243 g/mol. The molecule has 0 saturated carbocycles. The Morgan fingerprint density at radius 1 is 1.17 bits per heavy atom. The van der Waals surface area contributed by atoms with Crippen molar-refractivity contribution in [3.05, 3.63) is 42.0 Å². The van der Waals surface area contributed by atoms with E-state index in [1.807, 2.05) is 50.2 Å². The third-order valence-electron chi connectivity index (χ3n) is 2.70. The Bertz CT molecular complexity index is 538. The zero-order valence-corrected chi connectivity index (χ0v) is 10.9. The number of benzene rings is 1. The highest BCUT2D eigenvalue weighted by Crippen LogP contribution is 2.25. The zero-order valence-electron chi connectivity index (χ0n) is 10.9. The summed E-state index contributed by atoms with van der Waals surface area (Å²) < 4.78 is 10.7. The first-order chi connectivity index (χ1) is 8.74. The van der Waals surface area contributed by atoms with Crippen LogP contribution in [0.25, 0.3) is 11.3 Å². The minimum Gasteiger partial charge on any atom is -0.497 e. The summed E-state index contributed by atoms with van der Waals surface area (Å²) >= 11 is 0. The molecule has 0 spiro atoms. The molecule has 3 heteroatoms. The van der Waals surface area contributed by atoms with Gasteiger partial charge in [0.2, 0.25) is 5.88 Å². The van der Waals surface area contributed by atoms with E-state index in [2.05, 4.69) is 4.98 Å². The summed E-state index contributed by atoms with van der Waals surface area (Å²) in [5.41, 5.74) is 2.96. The summed E-state index contributed by atoms with van der Waals surface area (Å²) in [5.74, 6) is 1.52. The lowest BCUT2D eigenvalue weighted by Crippen LogP contribution is -1.98. The molecule has 2 rings (SSSR count). The average molecular weight is 243 g/mol. The Morgan fingerprint density at radius 2 is 2.00 bits per heavy atom. The first-order valence-corrected chi connectivity index (χ1v) is 5.99. The largest absolute Gasteiger partial charge is 0.497 e. The molecule has 0 aliphatic rings. The molecule has 0 atom stereocenters. The van der Waals surface area contributed by atoms with Gasteiger partial charge in [0.15, 0.2) is 0 Å². The fraction of sp³-hybridized carbons (Fsp3) is 0.267. The topological polar surface area (TPSA) is 31.4 Å². The lowest BCUT2D eigenvalue weighted by Gasteiger charge is -2.09. The summed E-state index contributed by atoms with van der Waals surface area (Å²) in [6.07, 6.45) is 0. The molecule has 94 valence electrons. The highest BCUT2D eigenvalue weighted by Gasteiger charge is 2.05. The Labute approximate surface area is 107 Å². The highest BCUT2D eigenvalue weighted by molar-refractivity contribution is 5.62. The summed E-state index contributed by atoms with van der Waals surface area (Å²) in [6.45, 7) is 4.57. The van der Waals surface area contributed by atoms with E-state index in [4.69, 9.17) is 9.47 Å². The van der Waals surface area contributed by atoms with Gasteiger partial charge in [-0.25, -0.2) is 4.98 Å². The molecule has 2 aromatic rings. The molecule has 0 saturated heterocycles. The van der Waals surface area contributed by atoms with E-state index >= 15 is 0 Å². The Morgan fingerprint density at radius 3 is 2.72 bits per heavy atom. The van der Waals surface area contributed by atoms with Gasteiger partial charge in [-0.2, -0.15) is 0 Å². The molecule has 0 aliphatic carbocycles. The maximum atomic E-state index is 5.51. The summed E-state index contributed by atoms with van der Waals surface area (Å²) in [6, 6.07) is 11.9. The molecular weight excluding hydrogens is 226 g/mol. The zero-order chi connectivity index (χ0) is 13.0. The Balaban J connectivity index is 2.40. The van der Waals surface area contributed by atoms with Crippen molar-refractivity contribution in [2.24, 2.45) is 0 Å². The van der Waals surface area contributed by atoms with E-state index in [-0.39, 0.29) is 0 Å². The Hall–Kier alpha value is -2.03. The predicted octanol–water partition coefficient (Wildman–Crippen LogP) is 3.46. The molecule has 0 radical (unpaired) electrons. The molecule has 0 unspecified atom stereocenters. The fourth-order valence-corrected chi connectivity index (χ4v) is 1.74. The molecule has 0 amide bonds. The lowest BCUT2D eigenvalue weighted by molar-refractivity contribution is 0.325. The van der Waals surface area contributed by atoms with Crippen LogP contribution in [0, 0.1) is 6.92 Å². The standard InChI is InChI=1S/C15H17NO2/c1-4-18-15-11(2)8-9-14(16-15)12-6-5-7-13(10-12)17-3/h5-10H,4H2,1-3H3. The van der Waals surface area contributed by atoms with Crippen LogP contribution in [0.3, 0.4) is 0 Å². The van der Waals surface area contributed by atoms with Gasteiger partial charge in [0.05, 0.1) is 19.4 Å². The third kappa shape index (κ3) is 2.62. The van der Waals surface area contributed by atoms with E-state index in [0.29, 0.717) is 12.5 Å². The molecule has 1 aromatic carbocycles. The van der Waals surface area contributed by atoms with Gasteiger partial charge in [-0.15, -0.1) is 0 Å². The minimum atomic E-state index is 0.620. The van der Waals surface area contributed by atoms with Crippen LogP contribution in [-0.4, -0.2) is 18.7 Å². The van der Waals surface area contributed by atoms with E-state index in [9.17, 15) is 0 Å². The number of aromatic nitrogens is 1. The maximum Gasteiger partial charge on any atom is 0.216 e. The van der Waals surface area contributed by atoms with Crippen molar-refractivity contribution in [2.45, 2.75) is 13.8 Å². The second-order valence-corrected chi connectivity index (χ2v) is 3.98. The van der Waals surface area contributed by atoms with Gasteiger partial charge in [-0.1, -0.05) is 18.2 Å². The van der Waals surface area contributed by atoms with Gasteiger partial charge >= 0.3 is 0 Å². The third-order valence-corrected chi connectivity index (χ3v) is 2.70. The van der Waals surface area contributed by atoms with Crippen LogP contribution >= 0.6 is 0 Å². The summed E-state index contributed by atoms with van der Waals surface area (Å²) in [4.78, 5) is 4.53. The highest BCUT2D eigenvalue weighted by atomic mass is 16.5. The van der Waals surface area contributed by atoms with Gasteiger partial charge < -0.3 is 9.47 Å². The van der Waals surface area contributed by atoms with E-state index < -0.39 is 0 Å². The molecule has 1 heterocycles. The van der Waals surface area contributed by atoms with Crippen LogP contribution in [0.1, 0.15) is 12.5 Å². The molecule has 18 heavy (non-hydrogen) atoms. The number of rotatable bonds is 4.